The number of carbonyl (C=O) groups excluding carboxylic acids is 2. The van der Waals surface area contributed by atoms with Crippen LogP contribution in [0.1, 0.15) is 40.7 Å². The van der Waals surface area contributed by atoms with Crippen molar-refractivity contribution < 1.29 is 32.7 Å². The minimum absolute atomic E-state index is 0.0131. The summed E-state index contributed by atoms with van der Waals surface area (Å²) < 4.78 is 31.7. The van der Waals surface area contributed by atoms with Crippen molar-refractivity contribution in [3.8, 4) is 0 Å². The van der Waals surface area contributed by atoms with E-state index in [1.54, 1.807) is 0 Å². The summed E-state index contributed by atoms with van der Waals surface area (Å²) in [6.45, 7) is 8.32. The largest absolute Gasteiger partial charge is 0.490 e. The van der Waals surface area contributed by atoms with Gasteiger partial charge in [-0.2, -0.15) is 13.2 Å². The molecule has 2 amide bonds. The first-order valence-corrected chi connectivity index (χ1v) is 11.7. The average Bonchev–Trinajstić information content (AvgIpc) is 2.87. The third-order valence-electron chi connectivity index (χ3n) is 5.76. The molecular formula is C26H32F3N3O4. The van der Waals surface area contributed by atoms with Crippen molar-refractivity contribution in [2.75, 3.05) is 39.3 Å². The molecule has 2 N–H and O–H groups in total. The fourth-order valence-corrected chi connectivity index (χ4v) is 3.67. The number of nitrogens with zero attached hydrogens (tertiary/aromatic N) is 2. The van der Waals surface area contributed by atoms with Crippen molar-refractivity contribution in [1.29, 1.82) is 0 Å². The van der Waals surface area contributed by atoms with Crippen molar-refractivity contribution in [2.45, 2.75) is 32.4 Å². The normalized spacial score (nSPS) is 14.3. The van der Waals surface area contributed by atoms with Gasteiger partial charge in [-0.3, -0.25) is 9.59 Å². The van der Waals surface area contributed by atoms with Gasteiger partial charge in [-0.05, 0) is 30.5 Å². The van der Waals surface area contributed by atoms with Gasteiger partial charge in [-0.25, -0.2) is 4.79 Å². The zero-order chi connectivity index (χ0) is 26.7. The standard InChI is InChI=1S/C24H31N3O2.C2HF3O2/c1-19-8-10-22(11-9-19)24(29)27(18-20(2)21-6-4-3-5-7-21)15-12-23(28)26-16-13-25-14-17-26;3-2(4,5)1(6)7/h3-11,20,25H,12-18H2,1-2H3;(H,6,7). The number of hydrogen-bond acceptors (Lipinski definition) is 4. The van der Waals surface area contributed by atoms with Gasteiger partial charge in [0.05, 0.1) is 0 Å². The predicted molar refractivity (Wildman–Crippen MR) is 130 cm³/mol. The van der Waals surface area contributed by atoms with Gasteiger partial charge in [-0.15, -0.1) is 0 Å². The molecular weight excluding hydrogens is 475 g/mol. The van der Waals surface area contributed by atoms with E-state index in [1.165, 1.54) is 5.56 Å². The summed E-state index contributed by atoms with van der Waals surface area (Å²) in [7, 11) is 0. The molecule has 196 valence electrons. The number of aryl methyl sites for hydroxylation is 1. The summed E-state index contributed by atoms with van der Waals surface area (Å²) in [5.41, 5.74) is 2.99. The molecule has 7 nitrogen and oxygen atoms in total. The molecule has 1 aliphatic heterocycles. The first kappa shape index (κ1) is 28.8. The van der Waals surface area contributed by atoms with E-state index in [-0.39, 0.29) is 17.7 Å². The maximum Gasteiger partial charge on any atom is 0.490 e. The first-order chi connectivity index (χ1) is 17.0. The highest BCUT2D eigenvalue weighted by Gasteiger charge is 2.38. The smallest absolute Gasteiger partial charge is 0.475 e. The van der Waals surface area contributed by atoms with Gasteiger partial charge in [0.1, 0.15) is 0 Å². The second-order valence-electron chi connectivity index (χ2n) is 8.61. The lowest BCUT2D eigenvalue weighted by atomic mass is 10.00. The van der Waals surface area contributed by atoms with Crippen LogP contribution in [-0.4, -0.2) is 78.1 Å². The quantitative estimate of drug-likeness (QED) is 0.597. The highest BCUT2D eigenvalue weighted by molar-refractivity contribution is 5.94. The number of rotatable bonds is 7. The van der Waals surface area contributed by atoms with Crippen LogP contribution in [0.25, 0.3) is 0 Å². The highest BCUT2D eigenvalue weighted by Crippen LogP contribution is 2.18. The van der Waals surface area contributed by atoms with Crippen LogP contribution in [0, 0.1) is 6.92 Å². The van der Waals surface area contributed by atoms with Gasteiger partial charge in [-0.1, -0.05) is 55.0 Å². The van der Waals surface area contributed by atoms with Gasteiger partial charge < -0.3 is 20.2 Å². The van der Waals surface area contributed by atoms with E-state index in [2.05, 4.69) is 24.4 Å². The molecule has 1 atom stereocenters. The third-order valence-corrected chi connectivity index (χ3v) is 5.76. The molecule has 0 spiro atoms. The minimum atomic E-state index is -5.08. The Labute approximate surface area is 208 Å². The second-order valence-corrected chi connectivity index (χ2v) is 8.61. The zero-order valence-corrected chi connectivity index (χ0v) is 20.4. The number of aliphatic carboxylic acids is 1. The molecule has 0 radical (unpaired) electrons. The van der Waals surface area contributed by atoms with Crippen LogP contribution in [0.15, 0.2) is 54.6 Å². The van der Waals surface area contributed by atoms with E-state index < -0.39 is 12.1 Å². The Morgan fingerprint density at radius 3 is 2.11 bits per heavy atom. The number of carboxylic acids is 1. The van der Waals surface area contributed by atoms with Crippen molar-refractivity contribution in [3.63, 3.8) is 0 Å². The van der Waals surface area contributed by atoms with Gasteiger partial charge in [0.15, 0.2) is 0 Å². The SMILES string of the molecule is Cc1ccc(C(=O)N(CCC(=O)N2CCNCC2)CC(C)c2ccccc2)cc1.O=C(O)C(F)(F)F. The van der Waals surface area contributed by atoms with Crippen LogP contribution < -0.4 is 5.32 Å². The molecule has 1 aliphatic rings. The van der Waals surface area contributed by atoms with E-state index in [4.69, 9.17) is 9.90 Å². The molecule has 36 heavy (non-hydrogen) atoms. The first-order valence-electron chi connectivity index (χ1n) is 11.7. The average molecular weight is 508 g/mol. The molecule has 1 saturated heterocycles. The lowest BCUT2D eigenvalue weighted by Gasteiger charge is -2.30. The maximum absolute atomic E-state index is 13.2. The third kappa shape index (κ3) is 9.33. The van der Waals surface area contributed by atoms with Crippen molar-refractivity contribution in [3.05, 3.63) is 71.3 Å². The van der Waals surface area contributed by atoms with E-state index in [0.717, 1.165) is 31.7 Å². The Kier molecular flexibility index (Phi) is 10.9. The van der Waals surface area contributed by atoms with Crippen LogP contribution in [0.2, 0.25) is 0 Å². The van der Waals surface area contributed by atoms with Crippen LogP contribution in [0.3, 0.4) is 0 Å². The lowest BCUT2D eigenvalue weighted by molar-refractivity contribution is -0.192. The number of carboxylic acid groups (broad SMARTS) is 1. The molecule has 1 heterocycles. The molecule has 0 saturated carbocycles. The molecule has 10 heteroatoms. The summed E-state index contributed by atoms with van der Waals surface area (Å²) in [5.74, 6) is -2.45. The molecule has 2 aromatic rings. The number of halogens is 3. The van der Waals surface area contributed by atoms with Crippen LogP contribution in [0.4, 0.5) is 13.2 Å². The lowest BCUT2D eigenvalue weighted by Crippen LogP contribution is -2.47. The predicted octanol–water partition coefficient (Wildman–Crippen LogP) is 3.70. The van der Waals surface area contributed by atoms with E-state index in [9.17, 15) is 22.8 Å². The fourth-order valence-electron chi connectivity index (χ4n) is 3.67. The Balaban J connectivity index is 0.000000572. The number of piperazine rings is 1. The highest BCUT2D eigenvalue weighted by atomic mass is 19.4. The van der Waals surface area contributed by atoms with Gasteiger partial charge in [0.2, 0.25) is 5.91 Å². The summed E-state index contributed by atoms with van der Waals surface area (Å²) >= 11 is 0. The van der Waals surface area contributed by atoms with Crippen LogP contribution in [0.5, 0.6) is 0 Å². The van der Waals surface area contributed by atoms with Gasteiger partial charge in [0, 0.05) is 51.3 Å². The Morgan fingerprint density at radius 2 is 1.58 bits per heavy atom. The Morgan fingerprint density at radius 1 is 1.03 bits per heavy atom. The minimum Gasteiger partial charge on any atom is -0.475 e. The number of amides is 2. The van der Waals surface area contributed by atoms with Crippen LogP contribution >= 0.6 is 0 Å². The molecule has 3 rings (SSSR count). The number of carbonyl (C=O) groups is 3. The maximum atomic E-state index is 13.2. The van der Waals surface area contributed by atoms with E-state index >= 15 is 0 Å². The van der Waals surface area contributed by atoms with Gasteiger partial charge >= 0.3 is 12.1 Å². The number of nitrogens with one attached hydrogen (secondary N) is 1. The monoisotopic (exact) mass is 507 g/mol. The molecule has 0 aliphatic carbocycles. The second kappa shape index (κ2) is 13.6. The summed E-state index contributed by atoms with van der Waals surface area (Å²) in [6.07, 6.45) is -4.72. The topological polar surface area (TPSA) is 90.0 Å². The molecule has 1 fully saturated rings. The number of hydrogen-bond donors (Lipinski definition) is 2. The molecule has 2 aromatic carbocycles. The van der Waals surface area contributed by atoms with E-state index in [0.29, 0.717) is 25.1 Å². The fraction of sp³-hybridized carbons (Fsp3) is 0.423. The van der Waals surface area contributed by atoms with Gasteiger partial charge in [0.25, 0.3) is 5.91 Å². The molecule has 0 bridgehead atoms. The summed E-state index contributed by atoms with van der Waals surface area (Å²) in [6, 6.07) is 17.9. The Bertz CT molecular complexity index is 992. The van der Waals surface area contributed by atoms with Crippen molar-refractivity contribution in [2.24, 2.45) is 0 Å². The Hall–Kier alpha value is -3.40. The zero-order valence-electron chi connectivity index (χ0n) is 20.4. The number of benzene rings is 2. The van der Waals surface area contributed by atoms with Crippen molar-refractivity contribution >= 4 is 17.8 Å². The molecule has 1 unspecified atom stereocenters. The molecule has 0 aromatic heterocycles. The van der Waals surface area contributed by atoms with Crippen molar-refractivity contribution in [1.82, 2.24) is 15.1 Å². The number of alkyl halides is 3. The van der Waals surface area contributed by atoms with E-state index in [1.807, 2.05) is 59.2 Å². The summed E-state index contributed by atoms with van der Waals surface area (Å²) in [5, 5.41) is 10.4. The summed E-state index contributed by atoms with van der Waals surface area (Å²) in [4.78, 5) is 38.5. The van der Waals surface area contributed by atoms with Crippen LogP contribution in [-0.2, 0) is 9.59 Å².